The molecule has 0 N–H and O–H groups in total. The molecule has 0 radical (unpaired) electrons. The minimum Gasteiger partial charge on any atom is -0.456 e. The predicted molar refractivity (Wildman–Crippen MR) is 105 cm³/mol. The average molecular weight is 359 g/mol. The number of ether oxygens (including phenoxy) is 1. The van der Waals surface area contributed by atoms with E-state index in [2.05, 4.69) is 17.1 Å². The molecule has 4 heteroatoms. The summed E-state index contributed by atoms with van der Waals surface area (Å²) in [5.74, 6) is -0.396. The van der Waals surface area contributed by atoms with Crippen LogP contribution in [0.5, 0.6) is 0 Å². The summed E-state index contributed by atoms with van der Waals surface area (Å²) in [4.78, 5) is 16.8. The third-order valence-electron chi connectivity index (χ3n) is 4.25. The van der Waals surface area contributed by atoms with Crippen LogP contribution in [-0.2, 0) is 11.3 Å². The molecule has 0 saturated carbocycles. The molecule has 0 amide bonds. The van der Waals surface area contributed by atoms with Gasteiger partial charge in [0, 0.05) is 10.9 Å². The van der Waals surface area contributed by atoms with Gasteiger partial charge in [-0.2, -0.15) is 0 Å². The molecule has 26 heavy (non-hydrogen) atoms. The highest BCUT2D eigenvalue weighted by Crippen LogP contribution is 2.25. The Morgan fingerprint density at radius 3 is 2.62 bits per heavy atom. The van der Waals surface area contributed by atoms with Crippen LogP contribution in [-0.4, -0.2) is 11.0 Å². The molecule has 0 atom stereocenters. The van der Waals surface area contributed by atoms with Gasteiger partial charge in [0.2, 0.25) is 0 Å². The second-order valence-corrected chi connectivity index (χ2v) is 6.98. The highest BCUT2D eigenvalue weighted by Gasteiger charge is 2.14. The van der Waals surface area contributed by atoms with Crippen LogP contribution in [0.2, 0.25) is 0 Å². The molecule has 3 nitrogen and oxygen atoms in total. The zero-order valence-electron chi connectivity index (χ0n) is 14.3. The Bertz CT molecular complexity index is 1060. The number of aromatic nitrogens is 1. The molecule has 4 aromatic rings. The topological polar surface area (TPSA) is 39.2 Å². The Kier molecular flexibility index (Phi) is 4.50. The standard InChI is InChI=1S/C22H17NO2S/c1-15-9-11-17(12-10-15)21-23-20(14-26-21)22(24)25-13-18-7-4-6-16-5-2-3-8-19(16)18/h2-12,14H,13H2,1H3. The van der Waals surface area contributed by atoms with Crippen molar-refractivity contribution in [1.29, 1.82) is 0 Å². The van der Waals surface area contributed by atoms with Gasteiger partial charge in [-0.05, 0) is 23.3 Å². The van der Waals surface area contributed by atoms with E-state index in [1.165, 1.54) is 16.9 Å². The Morgan fingerprint density at radius 2 is 1.77 bits per heavy atom. The van der Waals surface area contributed by atoms with E-state index in [9.17, 15) is 4.79 Å². The molecular formula is C22H17NO2S. The Labute approximate surface area is 155 Å². The van der Waals surface area contributed by atoms with Crippen molar-refractivity contribution >= 4 is 28.1 Å². The average Bonchev–Trinajstić information content (AvgIpc) is 3.17. The van der Waals surface area contributed by atoms with Gasteiger partial charge in [-0.3, -0.25) is 0 Å². The van der Waals surface area contributed by atoms with Crippen molar-refractivity contribution < 1.29 is 9.53 Å². The van der Waals surface area contributed by atoms with Crippen molar-refractivity contribution in [3.63, 3.8) is 0 Å². The summed E-state index contributed by atoms with van der Waals surface area (Å²) in [6.07, 6.45) is 0. The van der Waals surface area contributed by atoms with Gasteiger partial charge >= 0.3 is 5.97 Å². The number of carbonyl (C=O) groups excluding carboxylic acids is 1. The summed E-state index contributed by atoms with van der Waals surface area (Å²) < 4.78 is 5.50. The van der Waals surface area contributed by atoms with Crippen LogP contribution in [0, 0.1) is 6.92 Å². The van der Waals surface area contributed by atoms with Crippen molar-refractivity contribution in [3.05, 3.63) is 88.9 Å². The highest BCUT2D eigenvalue weighted by molar-refractivity contribution is 7.13. The summed E-state index contributed by atoms with van der Waals surface area (Å²) >= 11 is 1.45. The van der Waals surface area contributed by atoms with Crippen molar-refractivity contribution in [2.75, 3.05) is 0 Å². The molecule has 0 unspecified atom stereocenters. The van der Waals surface area contributed by atoms with Crippen LogP contribution in [0.4, 0.5) is 0 Å². The molecule has 0 spiro atoms. The van der Waals surface area contributed by atoms with E-state index in [4.69, 9.17) is 4.74 Å². The van der Waals surface area contributed by atoms with Gasteiger partial charge in [-0.25, -0.2) is 9.78 Å². The molecule has 0 fully saturated rings. The van der Waals surface area contributed by atoms with Gasteiger partial charge in [0.05, 0.1) is 0 Å². The molecular weight excluding hydrogens is 342 g/mol. The van der Waals surface area contributed by atoms with Crippen molar-refractivity contribution in [2.24, 2.45) is 0 Å². The number of hydrogen-bond donors (Lipinski definition) is 0. The second kappa shape index (κ2) is 7.10. The van der Waals surface area contributed by atoms with E-state index in [1.807, 2.05) is 61.5 Å². The van der Waals surface area contributed by atoms with Gasteiger partial charge in [0.1, 0.15) is 11.6 Å². The number of carbonyl (C=O) groups is 1. The van der Waals surface area contributed by atoms with E-state index in [-0.39, 0.29) is 6.61 Å². The molecule has 0 aliphatic carbocycles. The highest BCUT2D eigenvalue weighted by atomic mass is 32.1. The molecule has 1 heterocycles. The number of esters is 1. The molecule has 4 rings (SSSR count). The number of rotatable bonds is 4. The Morgan fingerprint density at radius 1 is 1.00 bits per heavy atom. The monoisotopic (exact) mass is 359 g/mol. The van der Waals surface area contributed by atoms with Crippen molar-refractivity contribution in [3.8, 4) is 10.6 Å². The second-order valence-electron chi connectivity index (χ2n) is 6.12. The predicted octanol–water partition coefficient (Wildman–Crippen LogP) is 5.63. The van der Waals surface area contributed by atoms with E-state index in [1.54, 1.807) is 5.38 Å². The summed E-state index contributed by atoms with van der Waals surface area (Å²) in [5, 5.41) is 4.81. The zero-order chi connectivity index (χ0) is 17.9. The van der Waals surface area contributed by atoms with Crippen molar-refractivity contribution in [2.45, 2.75) is 13.5 Å². The van der Waals surface area contributed by atoms with Crippen LogP contribution < -0.4 is 0 Å². The van der Waals surface area contributed by atoms with E-state index < -0.39 is 5.97 Å². The zero-order valence-corrected chi connectivity index (χ0v) is 15.1. The van der Waals surface area contributed by atoms with Gasteiger partial charge in [0.15, 0.2) is 5.69 Å². The third-order valence-corrected chi connectivity index (χ3v) is 5.14. The van der Waals surface area contributed by atoms with E-state index in [0.29, 0.717) is 5.69 Å². The maximum Gasteiger partial charge on any atom is 0.358 e. The van der Waals surface area contributed by atoms with Crippen LogP contribution >= 0.6 is 11.3 Å². The first kappa shape index (κ1) is 16.5. The van der Waals surface area contributed by atoms with Gasteiger partial charge in [-0.15, -0.1) is 11.3 Å². The SMILES string of the molecule is Cc1ccc(-c2nc(C(=O)OCc3cccc4ccccc34)cs2)cc1. The number of aryl methyl sites for hydroxylation is 1. The molecule has 0 bridgehead atoms. The summed E-state index contributed by atoms with van der Waals surface area (Å²) in [6.45, 7) is 2.28. The van der Waals surface area contributed by atoms with Gasteiger partial charge in [0.25, 0.3) is 0 Å². The van der Waals surface area contributed by atoms with Crippen LogP contribution in [0.25, 0.3) is 21.3 Å². The molecule has 1 aromatic heterocycles. The number of benzene rings is 3. The number of nitrogens with zero attached hydrogens (tertiary/aromatic N) is 1. The normalized spacial score (nSPS) is 10.8. The Hall–Kier alpha value is -2.98. The summed E-state index contributed by atoms with van der Waals surface area (Å²) in [7, 11) is 0. The fourth-order valence-electron chi connectivity index (χ4n) is 2.83. The molecule has 128 valence electrons. The van der Waals surface area contributed by atoms with Crippen LogP contribution in [0.3, 0.4) is 0 Å². The molecule has 0 aliphatic heterocycles. The van der Waals surface area contributed by atoms with Gasteiger partial charge < -0.3 is 4.74 Å². The minimum absolute atomic E-state index is 0.234. The van der Waals surface area contributed by atoms with Crippen LogP contribution in [0.15, 0.2) is 72.1 Å². The lowest BCUT2D eigenvalue weighted by Crippen LogP contribution is -2.06. The fourth-order valence-corrected chi connectivity index (χ4v) is 3.63. The molecule has 3 aromatic carbocycles. The lowest BCUT2D eigenvalue weighted by molar-refractivity contribution is 0.0468. The first-order valence-corrected chi connectivity index (χ1v) is 9.25. The first-order chi connectivity index (χ1) is 12.7. The lowest BCUT2D eigenvalue weighted by atomic mass is 10.1. The summed E-state index contributed by atoms with van der Waals surface area (Å²) in [5.41, 5.74) is 3.55. The first-order valence-electron chi connectivity index (χ1n) is 8.37. The maximum absolute atomic E-state index is 12.4. The Balaban J connectivity index is 1.49. The smallest absolute Gasteiger partial charge is 0.358 e. The minimum atomic E-state index is -0.396. The summed E-state index contributed by atoms with van der Waals surface area (Å²) in [6, 6.07) is 22.2. The third kappa shape index (κ3) is 3.37. The number of thiazole rings is 1. The number of fused-ring (bicyclic) bond motifs is 1. The number of hydrogen-bond acceptors (Lipinski definition) is 4. The van der Waals surface area contributed by atoms with E-state index in [0.717, 1.165) is 26.9 Å². The van der Waals surface area contributed by atoms with E-state index >= 15 is 0 Å². The van der Waals surface area contributed by atoms with Crippen molar-refractivity contribution in [1.82, 2.24) is 4.98 Å². The molecule has 0 saturated heterocycles. The lowest BCUT2D eigenvalue weighted by Gasteiger charge is -2.07. The maximum atomic E-state index is 12.4. The fraction of sp³-hybridized carbons (Fsp3) is 0.0909. The van der Waals surface area contributed by atoms with Crippen LogP contribution in [0.1, 0.15) is 21.6 Å². The quantitative estimate of drug-likeness (QED) is 0.443. The van der Waals surface area contributed by atoms with Gasteiger partial charge in [-0.1, -0.05) is 72.3 Å². The molecule has 0 aliphatic rings. The largest absolute Gasteiger partial charge is 0.456 e.